The van der Waals surface area contributed by atoms with Gasteiger partial charge in [0.1, 0.15) is 0 Å². The Morgan fingerprint density at radius 1 is 1.13 bits per heavy atom. The van der Waals surface area contributed by atoms with E-state index in [4.69, 9.17) is 0 Å². The third-order valence-corrected chi connectivity index (χ3v) is 6.87. The smallest absolute Gasteiger partial charge is 0.266 e. The molecule has 0 aliphatic heterocycles. The number of aromatic nitrogens is 2. The number of amides is 1. The van der Waals surface area contributed by atoms with Crippen LogP contribution in [0.1, 0.15) is 75.1 Å². The van der Waals surface area contributed by atoms with E-state index in [2.05, 4.69) is 55.5 Å². The summed E-state index contributed by atoms with van der Waals surface area (Å²) in [5, 5.41) is 7.91. The van der Waals surface area contributed by atoms with Crippen LogP contribution in [0.4, 0.5) is 0 Å². The van der Waals surface area contributed by atoms with Gasteiger partial charge in [0.2, 0.25) is 5.91 Å². The van der Waals surface area contributed by atoms with Gasteiger partial charge in [0.15, 0.2) is 0 Å². The molecule has 0 radical (unpaired) electrons. The van der Waals surface area contributed by atoms with Crippen LogP contribution in [0.25, 0.3) is 0 Å². The maximum absolute atomic E-state index is 13.6. The summed E-state index contributed by atoms with van der Waals surface area (Å²) in [6.45, 7) is 6.66. The van der Waals surface area contributed by atoms with Crippen LogP contribution < -0.4 is 10.9 Å². The molecule has 2 saturated carbocycles. The molecule has 30 heavy (non-hydrogen) atoms. The minimum atomic E-state index is -0.463. The van der Waals surface area contributed by atoms with Crippen LogP contribution in [-0.2, 0) is 16.8 Å². The molecular weight excluding hydrogens is 374 g/mol. The fourth-order valence-corrected chi connectivity index (χ4v) is 4.61. The largest absolute Gasteiger partial charge is 0.350 e. The van der Waals surface area contributed by atoms with Crippen LogP contribution >= 0.6 is 0 Å². The van der Waals surface area contributed by atoms with Crippen molar-refractivity contribution in [3.8, 4) is 0 Å². The van der Waals surface area contributed by atoms with E-state index in [1.54, 1.807) is 10.7 Å². The predicted molar refractivity (Wildman–Crippen MR) is 119 cm³/mol. The van der Waals surface area contributed by atoms with Crippen LogP contribution in [0.3, 0.4) is 0 Å². The zero-order valence-corrected chi connectivity index (χ0v) is 18.4. The number of aryl methyl sites for hydroxylation is 1. The minimum absolute atomic E-state index is 0.0916. The van der Waals surface area contributed by atoms with Crippen molar-refractivity contribution >= 4 is 5.91 Å². The number of nitrogens with zero attached hydrogens (tertiary/aromatic N) is 2. The Bertz CT molecular complexity index is 951. The first-order valence-electron chi connectivity index (χ1n) is 11.4. The summed E-state index contributed by atoms with van der Waals surface area (Å²) in [4.78, 5) is 26.0. The van der Waals surface area contributed by atoms with E-state index in [0.29, 0.717) is 12.5 Å². The summed E-state index contributed by atoms with van der Waals surface area (Å²) in [6, 6.07) is 11.7. The van der Waals surface area contributed by atoms with Crippen molar-refractivity contribution in [2.24, 2.45) is 5.92 Å². The van der Waals surface area contributed by atoms with Gasteiger partial charge in [0.05, 0.1) is 23.7 Å². The molecule has 2 aliphatic carbocycles. The molecule has 160 valence electrons. The third kappa shape index (κ3) is 4.21. The zero-order chi connectivity index (χ0) is 21.3. The lowest BCUT2D eigenvalue weighted by molar-refractivity contribution is -0.127. The second-order valence-corrected chi connectivity index (χ2v) is 9.53. The predicted octanol–water partition coefficient (Wildman–Crippen LogP) is 4.08. The fourth-order valence-electron chi connectivity index (χ4n) is 4.61. The Balaban J connectivity index is 1.56. The van der Waals surface area contributed by atoms with E-state index in [9.17, 15) is 9.59 Å². The van der Waals surface area contributed by atoms with Crippen molar-refractivity contribution in [1.29, 1.82) is 0 Å². The van der Waals surface area contributed by atoms with Gasteiger partial charge in [-0.3, -0.25) is 9.59 Å². The van der Waals surface area contributed by atoms with Gasteiger partial charge in [-0.15, -0.1) is 0 Å². The first-order chi connectivity index (χ1) is 14.4. The van der Waals surface area contributed by atoms with Crippen molar-refractivity contribution in [3.05, 3.63) is 63.6 Å². The van der Waals surface area contributed by atoms with Gasteiger partial charge >= 0.3 is 0 Å². The molecule has 2 aromatic rings. The number of hydrogen-bond acceptors (Lipinski definition) is 3. The highest BCUT2D eigenvalue weighted by Crippen LogP contribution is 2.42. The Labute approximate surface area is 178 Å². The number of hydrogen-bond donors (Lipinski definition) is 1. The first-order valence-corrected chi connectivity index (χ1v) is 11.4. The standard InChI is InChI=1S/C25H33N3O2/c1-17(2)22(16-28-23(29)13-12-21(27-28)19-8-9-19)26-24(30)25(14-4-5-15-25)20-10-6-18(3)7-11-20/h6-7,10-13,17,19,22H,4-5,8-9,14-16H2,1-3H3,(H,26,30)/t22-/m0/s1. The Hall–Kier alpha value is -2.43. The lowest BCUT2D eigenvalue weighted by atomic mass is 9.77. The lowest BCUT2D eigenvalue weighted by Gasteiger charge is -2.32. The quantitative estimate of drug-likeness (QED) is 0.752. The van der Waals surface area contributed by atoms with Gasteiger partial charge in [0, 0.05) is 12.0 Å². The van der Waals surface area contributed by atoms with Crippen molar-refractivity contribution in [2.45, 2.75) is 83.2 Å². The highest BCUT2D eigenvalue weighted by atomic mass is 16.2. The number of carbonyl (C=O) groups excluding carboxylic acids is 1. The first kappa shape index (κ1) is 20.8. The molecule has 5 heteroatoms. The molecular formula is C25H33N3O2. The average Bonchev–Trinajstić information content (AvgIpc) is 3.45. The summed E-state index contributed by atoms with van der Waals surface area (Å²) in [6.07, 6.45) is 6.18. The third-order valence-electron chi connectivity index (χ3n) is 6.87. The van der Waals surface area contributed by atoms with Crippen molar-refractivity contribution in [2.75, 3.05) is 0 Å². The van der Waals surface area contributed by atoms with E-state index < -0.39 is 5.41 Å². The molecule has 2 aliphatic rings. The Morgan fingerprint density at radius 2 is 1.80 bits per heavy atom. The van der Waals surface area contributed by atoms with Gasteiger partial charge in [-0.1, -0.05) is 56.5 Å². The summed E-state index contributed by atoms with van der Waals surface area (Å²) >= 11 is 0. The van der Waals surface area contributed by atoms with E-state index in [-0.39, 0.29) is 23.4 Å². The van der Waals surface area contributed by atoms with Crippen LogP contribution in [0.2, 0.25) is 0 Å². The summed E-state index contributed by atoms with van der Waals surface area (Å²) in [5.74, 6) is 0.782. The van der Waals surface area contributed by atoms with Crippen LogP contribution in [0.5, 0.6) is 0 Å². The van der Waals surface area contributed by atoms with E-state index in [0.717, 1.165) is 49.8 Å². The van der Waals surface area contributed by atoms with Crippen molar-refractivity contribution < 1.29 is 4.79 Å². The fraction of sp³-hybridized carbons (Fsp3) is 0.560. The second-order valence-electron chi connectivity index (χ2n) is 9.53. The van der Waals surface area contributed by atoms with Crippen molar-refractivity contribution in [1.82, 2.24) is 15.1 Å². The highest BCUT2D eigenvalue weighted by Gasteiger charge is 2.43. The lowest BCUT2D eigenvalue weighted by Crippen LogP contribution is -2.51. The molecule has 4 rings (SSSR count). The van der Waals surface area contributed by atoms with E-state index >= 15 is 0 Å². The van der Waals surface area contributed by atoms with Gasteiger partial charge in [-0.2, -0.15) is 5.10 Å². The molecule has 5 nitrogen and oxygen atoms in total. The molecule has 0 spiro atoms. The van der Waals surface area contributed by atoms with Gasteiger partial charge in [-0.25, -0.2) is 4.68 Å². The molecule has 1 N–H and O–H groups in total. The number of rotatable bonds is 7. The Kier molecular flexibility index (Phi) is 5.81. The summed E-state index contributed by atoms with van der Waals surface area (Å²) in [7, 11) is 0. The normalized spacial score (nSPS) is 19.1. The molecule has 0 bridgehead atoms. The van der Waals surface area contributed by atoms with Crippen LogP contribution in [0, 0.1) is 12.8 Å². The van der Waals surface area contributed by atoms with Gasteiger partial charge in [-0.05, 0) is 50.2 Å². The Morgan fingerprint density at radius 3 is 2.40 bits per heavy atom. The SMILES string of the molecule is Cc1ccc(C2(C(=O)N[C@@H](Cn3nc(C4CC4)ccc3=O)C(C)C)CCCC2)cc1. The number of nitrogens with one attached hydrogen (secondary N) is 1. The topological polar surface area (TPSA) is 64.0 Å². The second kappa shape index (κ2) is 8.37. The highest BCUT2D eigenvalue weighted by molar-refractivity contribution is 5.88. The summed E-state index contributed by atoms with van der Waals surface area (Å²) in [5.41, 5.74) is 2.74. The molecule has 0 unspecified atom stereocenters. The maximum atomic E-state index is 13.6. The maximum Gasteiger partial charge on any atom is 0.266 e. The monoisotopic (exact) mass is 407 g/mol. The van der Waals surface area contributed by atoms with Crippen LogP contribution in [0.15, 0.2) is 41.2 Å². The van der Waals surface area contributed by atoms with Gasteiger partial charge in [0.25, 0.3) is 5.56 Å². The van der Waals surface area contributed by atoms with E-state index in [1.165, 1.54) is 5.56 Å². The van der Waals surface area contributed by atoms with Crippen LogP contribution in [-0.4, -0.2) is 21.7 Å². The zero-order valence-electron chi connectivity index (χ0n) is 18.4. The number of benzene rings is 1. The van der Waals surface area contributed by atoms with E-state index in [1.807, 2.05) is 6.07 Å². The number of carbonyl (C=O) groups is 1. The molecule has 1 amide bonds. The molecule has 0 saturated heterocycles. The average molecular weight is 408 g/mol. The molecule has 1 heterocycles. The molecule has 1 aromatic heterocycles. The summed E-state index contributed by atoms with van der Waals surface area (Å²) < 4.78 is 1.55. The van der Waals surface area contributed by atoms with Crippen molar-refractivity contribution in [3.63, 3.8) is 0 Å². The molecule has 1 aromatic carbocycles. The minimum Gasteiger partial charge on any atom is -0.350 e. The molecule has 1 atom stereocenters. The molecule has 2 fully saturated rings. The van der Waals surface area contributed by atoms with Gasteiger partial charge < -0.3 is 5.32 Å².